The smallest absolute Gasteiger partial charge is 0.0746 e. The van der Waals surface area contributed by atoms with E-state index in [1.54, 1.807) is 6.08 Å². The van der Waals surface area contributed by atoms with Crippen LogP contribution in [0, 0.1) is 5.92 Å². The molecule has 0 aliphatic rings. The highest BCUT2D eigenvalue weighted by atomic mass is 16.3. The minimum atomic E-state index is -0.306. The highest BCUT2D eigenvalue weighted by Gasteiger charge is 2.10. The maximum Gasteiger partial charge on any atom is 0.0746 e. The van der Waals surface area contributed by atoms with Gasteiger partial charge in [0, 0.05) is 0 Å². The van der Waals surface area contributed by atoms with E-state index in [1.807, 2.05) is 0 Å². The van der Waals surface area contributed by atoms with Gasteiger partial charge >= 0.3 is 0 Å². The Morgan fingerprint density at radius 2 is 1.89 bits per heavy atom. The Balaban J connectivity index is 3.63. The van der Waals surface area contributed by atoms with E-state index < -0.39 is 0 Å². The number of rotatable bonds is 4. The van der Waals surface area contributed by atoms with Crippen molar-refractivity contribution < 1.29 is 5.11 Å². The lowest BCUT2D eigenvalue weighted by Crippen LogP contribution is -2.15. The normalized spacial score (nSPS) is 13.8. The molecule has 0 fully saturated rings. The molecule has 0 saturated carbocycles. The second-order valence-electron chi connectivity index (χ2n) is 2.30. The van der Waals surface area contributed by atoms with E-state index in [1.165, 1.54) is 0 Å². The van der Waals surface area contributed by atoms with E-state index in [2.05, 4.69) is 20.4 Å². The molecule has 0 amide bonds. The summed E-state index contributed by atoms with van der Waals surface area (Å²) >= 11 is 0. The quantitative estimate of drug-likeness (QED) is 0.574. The zero-order chi connectivity index (χ0) is 7.28. The molecule has 1 atom stereocenters. The van der Waals surface area contributed by atoms with Crippen LogP contribution in [-0.2, 0) is 0 Å². The standard InChI is InChI=1S/C8H16O/c1-4-7(5-2)8(9)6-3/h6-9H,3-5H2,1-2H3. The molecule has 1 N–H and O–H groups in total. The molecule has 0 aromatic rings. The average Bonchev–Trinajstić information content (AvgIpc) is 1.90. The van der Waals surface area contributed by atoms with Gasteiger partial charge in [-0.3, -0.25) is 0 Å². The molecule has 0 spiro atoms. The Hall–Kier alpha value is -0.300. The summed E-state index contributed by atoms with van der Waals surface area (Å²) in [4.78, 5) is 0. The first-order valence-corrected chi connectivity index (χ1v) is 3.56. The van der Waals surface area contributed by atoms with E-state index in [0.717, 1.165) is 12.8 Å². The van der Waals surface area contributed by atoms with Gasteiger partial charge in [-0.2, -0.15) is 0 Å². The summed E-state index contributed by atoms with van der Waals surface area (Å²) in [5.74, 6) is 0.405. The second kappa shape index (κ2) is 4.57. The topological polar surface area (TPSA) is 20.2 Å². The fourth-order valence-electron chi connectivity index (χ4n) is 0.964. The van der Waals surface area contributed by atoms with Crippen LogP contribution in [0.2, 0.25) is 0 Å². The molecule has 1 heteroatoms. The van der Waals surface area contributed by atoms with Gasteiger partial charge in [0.25, 0.3) is 0 Å². The zero-order valence-corrected chi connectivity index (χ0v) is 6.30. The third-order valence-electron chi connectivity index (χ3n) is 1.77. The van der Waals surface area contributed by atoms with Gasteiger partial charge in [-0.05, 0) is 5.92 Å². The summed E-state index contributed by atoms with van der Waals surface area (Å²) in [7, 11) is 0. The molecule has 0 aromatic heterocycles. The predicted molar refractivity (Wildman–Crippen MR) is 40.3 cm³/mol. The maximum absolute atomic E-state index is 9.20. The van der Waals surface area contributed by atoms with Crippen LogP contribution < -0.4 is 0 Å². The van der Waals surface area contributed by atoms with Crippen molar-refractivity contribution >= 4 is 0 Å². The Labute approximate surface area is 57.4 Å². The largest absolute Gasteiger partial charge is 0.389 e. The lowest BCUT2D eigenvalue weighted by atomic mass is 9.97. The molecule has 0 rings (SSSR count). The van der Waals surface area contributed by atoms with Crippen LogP contribution in [0.4, 0.5) is 0 Å². The minimum Gasteiger partial charge on any atom is -0.389 e. The van der Waals surface area contributed by atoms with Crippen LogP contribution in [-0.4, -0.2) is 11.2 Å². The SMILES string of the molecule is C=CC(O)C(CC)CC. The summed E-state index contributed by atoms with van der Waals surface area (Å²) in [5, 5.41) is 9.20. The number of aliphatic hydroxyl groups is 1. The van der Waals surface area contributed by atoms with Gasteiger partial charge in [-0.1, -0.05) is 32.8 Å². The van der Waals surface area contributed by atoms with Crippen molar-refractivity contribution in [2.75, 3.05) is 0 Å². The molecule has 0 bridgehead atoms. The molecule has 0 aliphatic heterocycles. The first-order chi connectivity index (χ1) is 4.26. The second-order valence-corrected chi connectivity index (χ2v) is 2.30. The molecule has 0 aromatic carbocycles. The van der Waals surface area contributed by atoms with Crippen LogP contribution in [0.3, 0.4) is 0 Å². The number of hydrogen-bond donors (Lipinski definition) is 1. The Bertz CT molecular complexity index is 74.6. The first-order valence-electron chi connectivity index (χ1n) is 3.56. The third-order valence-corrected chi connectivity index (χ3v) is 1.77. The van der Waals surface area contributed by atoms with Crippen LogP contribution in [0.25, 0.3) is 0 Å². The van der Waals surface area contributed by atoms with Crippen molar-refractivity contribution in [3.05, 3.63) is 12.7 Å². The fourth-order valence-corrected chi connectivity index (χ4v) is 0.964. The summed E-state index contributed by atoms with van der Waals surface area (Å²) < 4.78 is 0. The predicted octanol–water partition coefficient (Wildman–Crippen LogP) is 1.97. The van der Waals surface area contributed by atoms with E-state index in [9.17, 15) is 5.11 Å². The molecule has 1 nitrogen and oxygen atoms in total. The van der Waals surface area contributed by atoms with Crippen molar-refractivity contribution in [2.45, 2.75) is 32.8 Å². The Kier molecular flexibility index (Phi) is 4.41. The van der Waals surface area contributed by atoms with Crippen LogP contribution >= 0.6 is 0 Å². The summed E-state index contributed by atoms with van der Waals surface area (Å²) in [6.07, 6.45) is 3.37. The fraction of sp³-hybridized carbons (Fsp3) is 0.750. The first kappa shape index (κ1) is 8.70. The van der Waals surface area contributed by atoms with Crippen molar-refractivity contribution in [1.82, 2.24) is 0 Å². The summed E-state index contributed by atoms with van der Waals surface area (Å²) in [6, 6.07) is 0. The summed E-state index contributed by atoms with van der Waals surface area (Å²) in [5.41, 5.74) is 0. The molecule has 1 unspecified atom stereocenters. The van der Waals surface area contributed by atoms with Gasteiger partial charge in [0.1, 0.15) is 0 Å². The molecule has 0 saturated heterocycles. The molecule has 54 valence electrons. The molecular formula is C8H16O. The molecule has 0 aliphatic carbocycles. The van der Waals surface area contributed by atoms with Gasteiger partial charge < -0.3 is 5.11 Å². The lowest BCUT2D eigenvalue weighted by Gasteiger charge is -2.15. The third kappa shape index (κ3) is 2.66. The Morgan fingerprint density at radius 3 is 2.00 bits per heavy atom. The van der Waals surface area contributed by atoms with Crippen LogP contribution in [0.15, 0.2) is 12.7 Å². The van der Waals surface area contributed by atoms with Gasteiger partial charge in [0.2, 0.25) is 0 Å². The van der Waals surface area contributed by atoms with Gasteiger partial charge in [0.05, 0.1) is 6.10 Å². The monoisotopic (exact) mass is 128 g/mol. The zero-order valence-electron chi connectivity index (χ0n) is 6.30. The number of hydrogen-bond acceptors (Lipinski definition) is 1. The maximum atomic E-state index is 9.20. The van der Waals surface area contributed by atoms with Crippen molar-refractivity contribution in [2.24, 2.45) is 5.92 Å². The van der Waals surface area contributed by atoms with Gasteiger partial charge in [-0.25, -0.2) is 0 Å². The van der Waals surface area contributed by atoms with E-state index in [0.29, 0.717) is 5.92 Å². The lowest BCUT2D eigenvalue weighted by molar-refractivity contribution is 0.147. The highest BCUT2D eigenvalue weighted by molar-refractivity contribution is 4.82. The van der Waals surface area contributed by atoms with Gasteiger partial charge in [0.15, 0.2) is 0 Å². The van der Waals surface area contributed by atoms with E-state index in [4.69, 9.17) is 0 Å². The Morgan fingerprint density at radius 1 is 1.44 bits per heavy atom. The molecule has 9 heavy (non-hydrogen) atoms. The van der Waals surface area contributed by atoms with Crippen molar-refractivity contribution in [3.63, 3.8) is 0 Å². The van der Waals surface area contributed by atoms with E-state index >= 15 is 0 Å². The number of aliphatic hydroxyl groups excluding tert-OH is 1. The van der Waals surface area contributed by atoms with Crippen LogP contribution in [0.1, 0.15) is 26.7 Å². The molecule has 0 heterocycles. The molecular weight excluding hydrogens is 112 g/mol. The summed E-state index contributed by atoms with van der Waals surface area (Å²) in [6.45, 7) is 7.70. The van der Waals surface area contributed by atoms with Crippen molar-refractivity contribution in [3.8, 4) is 0 Å². The van der Waals surface area contributed by atoms with Crippen LogP contribution in [0.5, 0.6) is 0 Å². The van der Waals surface area contributed by atoms with Crippen molar-refractivity contribution in [1.29, 1.82) is 0 Å². The minimum absolute atomic E-state index is 0.306. The average molecular weight is 128 g/mol. The van der Waals surface area contributed by atoms with E-state index in [-0.39, 0.29) is 6.10 Å². The highest BCUT2D eigenvalue weighted by Crippen LogP contribution is 2.12. The molecule has 0 radical (unpaired) electrons. The van der Waals surface area contributed by atoms with Gasteiger partial charge in [-0.15, -0.1) is 6.58 Å².